The zero-order valence-corrected chi connectivity index (χ0v) is 11.5. The maximum atomic E-state index is 2.60. The summed E-state index contributed by atoms with van der Waals surface area (Å²) in [6.07, 6.45) is 2.51. The van der Waals surface area contributed by atoms with Crippen molar-refractivity contribution in [2.24, 2.45) is 0 Å². The van der Waals surface area contributed by atoms with Gasteiger partial charge in [-0.2, -0.15) is 0 Å². The molecule has 2 unspecified atom stereocenters. The van der Waals surface area contributed by atoms with E-state index in [1.807, 2.05) is 0 Å². The molecule has 1 heterocycles. The molecule has 2 atom stereocenters. The van der Waals surface area contributed by atoms with Crippen LogP contribution in [-0.4, -0.2) is 6.04 Å². The van der Waals surface area contributed by atoms with Gasteiger partial charge in [-0.1, -0.05) is 43.7 Å². The number of hydrogen-bond donors (Lipinski definition) is 0. The Morgan fingerprint density at radius 2 is 1.89 bits per heavy atom. The van der Waals surface area contributed by atoms with Gasteiger partial charge in [-0.3, -0.25) is 0 Å². The molecule has 1 heteroatoms. The Labute approximate surface area is 109 Å². The molecule has 1 aliphatic heterocycles. The normalized spacial score (nSPS) is 19.5. The average molecular weight is 239 g/mol. The van der Waals surface area contributed by atoms with Crippen molar-refractivity contribution in [3.8, 4) is 0 Å². The first-order valence-corrected chi connectivity index (χ1v) is 7.04. The van der Waals surface area contributed by atoms with Crippen molar-refractivity contribution in [3.63, 3.8) is 0 Å². The summed E-state index contributed by atoms with van der Waals surface area (Å²) < 4.78 is 0. The lowest BCUT2D eigenvalue weighted by molar-refractivity contribution is 0.541. The van der Waals surface area contributed by atoms with Gasteiger partial charge in [-0.15, -0.1) is 0 Å². The second-order valence-corrected chi connectivity index (χ2v) is 5.44. The second kappa shape index (κ2) is 4.31. The van der Waals surface area contributed by atoms with E-state index in [2.05, 4.69) is 62.1 Å². The maximum absolute atomic E-state index is 2.60. The minimum Gasteiger partial charge on any atom is -0.362 e. The summed E-state index contributed by atoms with van der Waals surface area (Å²) in [7, 11) is 0. The standard InChI is InChI=1S/C17H21N/c1-4-7-12(2)18-13(3)15-10-5-8-14-9-6-11-16(18)17(14)15/h5-6,8-13H,4,7H2,1-3H3. The zero-order valence-electron chi connectivity index (χ0n) is 11.5. The largest absolute Gasteiger partial charge is 0.362 e. The summed E-state index contributed by atoms with van der Waals surface area (Å²) in [6, 6.07) is 14.5. The molecule has 0 spiro atoms. The molecule has 2 aromatic rings. The summed E-state index contributed by atoms with van der Waals surface area (Å²) in [5, 5.41) is 2.85. The molecule has 0 fully saturated rings. The SMILES string of the molecule is CCCC(C)N1c2cccc3cccc(c23)C1C. The minimum atomic E-state index is 0.507. The van der Waals surface area contributed by atoms with Crippen molar-refractivity contribution in [2.45, 2.75) is 45.7 Å². The molecule has 0 N–H and O–H groups in total. The third-order valence-electron chi connectivity index (χ3n) is 4.24. The lowest BCUT2D eigenvalue weighted by Crippen LogP contribution is -2.32. The Kier molecular flexibility index (Phi) is 2.77. The Hall–Kier alpha value is -1.50. The molecule has 0 saturated heterocycles. The number of nitrogens with zero attached hydrogens (tertiary/aromatic N) is 1. The van der Waals surface area contributed by atoms with E-state index in [1.165, 1.54) is 34.9 Å². The Bertz CT molecular complexity index is 568. The first-order valence-electron chi connectivity index (χ1n) is 7.04. The van der Waals surface area contributed by atoms with E-state index in [4.69, 9.17) is 0 Å². The number of anilines is 1. The summed E-state index contributed by atoms with van der Waals surface area (Å²) in [6.45, 7) is 6.95. The van der Waals surface area contributed by atoms with Gasteiger partial charge in [0, 0.05) is 17.1 Å². The molecule has 2 aromatic carbocycles. The van der Waals surface area contributed by atoms with Gasteiger partial charge < -0.3 is 4.90 Å². The van der Waals surface area contributed by atoms with Crippen LogP contribution in [0.3, 0.4) is 0 Å². The van der Waals surface area contributed by atoms with Crippen LogP contribution in [0, 0.1) is 0 Å². The van der Waals surface area contributed by atoms with Crippen molar-refractivity contribution in [1.82, 2.24) is 0 Å². The van der Waals surface area contributed by atoms with E-state index < -0.39 is 0 Å². The lowest BCUT2D eigenvalue weighted by Gasteiger charge is -2.32. The van der Waals surface area contributed by atoms with E-state index in [9.17, 15) is 0 Å². The van der Waals surface area contributed by atoms with Crippen molar-refractivity contribution in [2.75, 3.05) is 4.90 Å². The highest BCUT2D eigenvalue weighted by Crippen LogP contribution is 2.45. The Morgan fingerprint density at radius 3 is 2.61 bits per heavy atom. The molecule has 3 rings (SSSR count). The van der Waals surface area contributed by atoms with Crippen LogP contribution < -0.4 is 4.90 Å². The third kappa shape index (κ3) is 1.53. The van der Waals surface area contributed by atoms with E-state index in [-0.39, 0.29) is 0 Å². The lowest BCUT2D eigenvalue weighted by atomic mass is 10.0. The van der Waals surface area contributed by atoms with Gasteiger partial charge in [-0.05, 0) is 37.3 Å². The Balaban J connectivity index is 2.16. The van der Waals surface area contributed by atoms with Crippen molar-refractivity contribution in [3.05, 3.63) is 42.0 Å². The number of benzene rings is 2. The monoisotopic (exact) mass is 239 g/mol. The molecule has 94 valence electrons. The molecule has 18 heavy (non-hydrogen) atoms. The maximum Gasteiger partial charge on any atom is 0.0524 e. The number of rotatable bonds is 3. The van der Waals surface area contributed by atoms with Gasteiger partial charge >= 0.3 is 0 Å². The molecule has 1 aliphatic rings. The van der Waals surface area contributed by atoms with E-state index in [0.717, 1.165) is 0 Å². The molecule has 0 bridgehead atoms. The highest BCUT2D eigenvalue weighted by atomic mass is 15.2. The molecule has 0 aromatic heterocycles. The van der Waals surface area contributed by atoms with Crippen LogP contribution in [0.2, 0.25) is 0 Å². The first-order chi connectivity index (χ1) is 8.74. The van der Waals surface area contributed by atoms with Crippen LogP contribution in [-0.2, 0) is 0 Å². The van der Waals surface area contributed by atoms with Gasteiger partial charge in [0.2, 0.25) is 0 Å². The molecule has 0 radical (unpaired) electrons. The predicted octanol–water partition coefficient (Wildman–Crippen LogP) is 4.91. The highest BCUT2D eigenvalue weighted by Gasteiger charge is 2.30. The van der Waals surface area contributed by atoms with E-state index >= 15 is 0 Å². The highest BCUT2D eigenvalue weighted by molar-refractivity contribution is 6.00. The fourth-order valence-corrected chi connectivity index (χ4v) is 3.45. The summed E-state index contributed by atoms with van der Waals surface area (Å²) >= 11 is 0. The quantitative estimate of drug-likeness (QED) is 0.735. The van der Waals surface area contributed by atoms with Gasteiger partial charge in [0.15, 0.2) is 0 Å². The molecule has 1 nitrogen and oxygen atoms in total. The van der Waals surface area contributed by atoms with Gasteiger partial charge in [-0.25, -0.2) is 0 Å². The summed E-state index contributed by atoms with van der Waals surface area (Å²) in [5.74, 6) is 0. The van der Waals surface area contributed by atoms with Crippen molar-refractivity contribution < 1.29 is 0 Å². The molecule has 0 amide bonds. The van der Waals surface area contributed by atoms with E-state index in [0.29, 0.717) is 12.1 Å². The topological polar surface area (TPSA) is 3.24 Å². The van der Waals surface area contributed by atoms with Crippen LogP contribution in [0.15, 0.2) is 36.4 Å². The Morgan fingerprint density at radius 1 is 1.17 bits per heavy atom. The van der Waals surface area contributed by atoms with Crippen molar-refractivity contribution >= 4 is 16.5 Å². The molecule has 0 saturated carbocycles. The molecular weight excluding hydrogens is 218 g/mol. The fourth-order valence-electron chi connectivity index (χ4n) is 3.45. The summed E-state index contributed by atoms with van der Waals surface area (Å²) in [5.41, 5.74) is 2.92. The first kappa shape index (κ1) is 11.6. The summed E-state index contributed by atoms with van der Waals surface area (Å²) in [4.78, 5) is 2.60. The second-order valence-electron chi connectivity index (χ2n) is 5.44. The predicted molar refractivity (Wildman–Crippen MR) is 79.2 cm³/mol. The smallest absolute Gasteiger partial charge is 0.0524 e. The van der Waals surface area contributed by atoms with Crippen LogP contribution in [0.1, 0.15) is 45.2 Å². The molecule has 0 aliphatic carbocycles. The van der Waals surface area contributed by atoms with Crippen LogP contribution in [0.25, 0.3) is 10.8 Å². The van der Waals surface area contributed by atoms with E-state index in [1.54, 1.807) is 0 Å². The van der Waals surface area contributed by atoms with Gasteiger partial charge in [0.25, 0.3) is 0 Å². The van der Waals surface area contributed by atoms with Crippen LogP contribution in [0.5, 0.6) is 0 Å². The van der Waals surface area contributed by atoms with Crippen LogP contribution in [0.4, 0.5) is 5.69 Å². The minimum absolute atomic E-state index is 0.507. The van der Waals surface area contributed by atoms with Gasteiger partial charge in [0.1, 0.15) is 0 Å². The van der Waals surface area contributed by atoms with Crippen LogP contribution >= 0.6 is 0 Å². The fraction of sp³-hybridized carbons (Fsp3) is 0.412. The zero-order chi connectivity index (χ0) is 12.7. The van der Waals surface area contributed by atoms with Crippen molar-refractivity contribution in [1.29, 1.82) is 0 Å². The third-order valence-corrected chi connectivity index (χ3v) is 4.24. The molecular formula is C17H21N. The van der Waals surface area contributed by atoms with Gasteiger partial charge in [0.05, 0.1) is 6.04 Å². The number of hydrogen-bond acceptors (Lipinski definition) is 1. The average Bonchev–Trinajstić information content (AvgIpc) is 2.66.